The first-order valence-electron chi connectivity index (χ1n) is 8.94. The Morgan fingerprint density at radius 2 is 2.04 bits per heavy atom. The van der Waals surface area contributed by atoms with Crippen LogP contribution < -0.4 is 4.74 Å². The molecule has 1 aliphatic heterocycles. The van der Waals surface area contributed by atoms with E-state index in [1.54, 1.807) is 7.11 Å². The summed E-state index contributed by atoms with van der Waals surface area (Å²) >= 11 is 0. The van der Waals surface area contributed by atoms with Crippen molar-refractivity contribution in [1.82, 2.24) is 15.0 Å². The number of nitrogens with zero attached hydrogens (tertiary/aromatic N) is 3. The number of aryl methyl sites for hydroxylation is 1. The van der Waals surface area contributed by atoms with E-state index in [-0.39, 0.29) is 11.8 Å². The lowest BCUT2D eigenvalue weighted by molar-refractivity contribution is -0.128. The molecular weight excluding hydrogens is 342 g/mol. The molecule has 0 N–H and O–H groups in total. The third kappa shape index (κ3) is 3.69. The fourth-order valence-corrected chi connectivity index (χ4v) is 3.35. The molecule has 27 heavy (non-hydrogen) atoms. The fourth-order valence-electron chi connectivity index (χ4n) is 3.35. The predicted octanol–water partition coefficient (Wildman–Crippen LogP) is 3.57. The second-order valence-electron chi connectivity index (χ2n) is 6.85. The minimum atomic E-state index is -0.0435. The number of carbonyl (C=O) groups excluding carboxylic acids is 1. The number of ether oxygens (including phenoxy) is 1. The average molecular weight is 363 g/mol. The molecule has 6 nitrogen and oxygen atoms in total. The summed E-state index contributed by atoms with van der Waals surface area (Å²) in [6, 6.07) is 15.7. The first-order chi connectivity index (χ1) is 13.1. The van der Waals surface area contributed by atoms with Gasteiger partial charge in [0.05, 0.1) is 7.11 Å². The van der Waals surface area contributed by atoms with Gasteiger partial charge in [0.2, 0.25) is 5.91 Å². The van der Waals surface area contributed by atoms with Crippen molar-refractivity contribution in [3.05, 3.63) is 65.5 Å². The molecule has 1 aliphatic rings. The second-order valence-corrected chi connectivity index (χ2v) is 6.85. The molecule has 0 bridgehead atoms. The van der Waals surface area contributed by atoms with Crippen LogP contribution in [0.1, 0.15) is 29.3 Å². The lowest BCUT2D eigenvalue weighted by Gasteiger charge is -2.16. The van der Waals surface area contributed by atoms with E-state index in [4.69, 9.17) is 9.26 Å². The lowest BCUT2D eigenvalue weighted by atomic mass is 10.1. The zero-order valence-corrected chi connectivity index (χ0v) is 15.4. The summed E-state index contributed by atoms with van der Waals surface area (Å²) in [5.74, 6) is 1.96. The van der Waals surface area contributed by atoms with Crippen LogP contribution in [-0.4, -0.2) is 34.6 Å². The number of aromatic nitrogens is 2. The molecule has 6 heteroatoms. The summed E-state index contributed by atoms with van der Waals surface area (Å²) in [5, 5.41) is 4.12. The molecular formula is C21H21N3O3. The minimum absolute atomic E-state index is 0.0435. The van der Waals surface area contributed by atoms with E-state index in [1.165, 1.54) is 0 Å². The van der Waals surface area contributed by atoms with Crippen molar-refractivity contribution in [2.24, 2.45) is 0 Å². The normalized spacial score (nSPS) is 16.7. The number of likely N-dealkylation sites (tertiary alicyclic amines) is 1. The average Bonchev–Trinajstić information content (AvgIpc) is 3.30. The Bertz CT molecular complexity index is 949. The molecule has 1 amide bonds. The Morgan fingerprint density at radius 1 is 1.22 bits per heavy atom. The van der Waals surface area contributed by atoms with Crippen LogP contribution >= 0.6 is 0 Å². The summed E-state index contributed by atoms with van der Waals surface area (Å²) in [6.07, 6.45) is 0.406. The van der Waals surface area contributed by atoms with E-state index >= 15 is 0 Å². The van der Waals surface area contributed by atoms with E-state index < -0.39 is 0 Å². The first-order valence-corrected chi connectivity index (χ1v) is 8.94. The van der Waals surface area contributed by atoms with Crippen molar-refractivity contribution >= 4 is 5.91 Å². The van der Waals surface area contributed by atoms with Crippen LogP contribution in [0.5, 0.6) is 5.75 Å². The maximum atomic E-state index is 12.4. The molecule has 1 unspecified atom stereocenters. The van der Waals surface area contributed by atoms with Gasteiger partial charge in [0.1, 0.15) is 5.75 Å². The standard InChI is InChI=1S/C21H21N3O3/c1-14-4-3-5-16(10-14)21-22-20(23-27-21)17-11-19(25)24(13-17)12-15-6-8-18(26-2)9-7-15/h3-10,17H,11-13H2,1-2H3. The molecule has 4 rings (SSSR count). The lowest BCUT2D eigenvalue weighted by Crippen LogP contribution is -2.24. The van der Waals surface area contributed by atoms with Crippen molar-refractivity contribution in [2.75, 3.05) is 13.7 Å². The quantitative estimate of drug-likeness (QED) is 0.693. The number of rotatable bonds is 5. The van der Waals surface area contributed by atoms with Gasteiger partial charge in [-0.25, -0.2) is 0 Å². The number of hydrogen-bond acceptors (Lipinski definition) is 5. The van der Waals surface area contributed by atoms with E-state index in [1.807, 2.05) is 60.4 Å². The summed E-state index contributed by atoms with van der Waals surface area (Å²) in [7, 11) is 1.64. The van der Waals surface area contributed by atoms with Gasteiger partial charge < -0.3 is 14.2 Å². The summed E-state index contributed by atoms with van der Waals surface area (Å²) in [6.45, 7) is 3.19. The van der Waals surface area contributed by atoms with Gasteiger partial charge in [0.15, 0.2) is 5.82 Å². The molecule has 3 aromatic rings. The van der Waals surface area contributed by atoms with Crippen LogP contribution in [0, 0.1) is 6.92 Å². The van der Waals surface area contributed by atoms with Crippen molar-refractivity contribution < 1.29 is 14.1 Å². The highest BCUT2D eigenvalue weighted by atomic mass is 16.5. The van der Waals surface area contributed by atoms with Crippen molar-refractivity contribution in [1.29, 1.82) is 0 Å². The molecule has 1 fully saturated rings. The molecule has 1 saturated heterocycles. The van der Waals surface area contributed by atoms with Gasteiger partial charge in [0, 0.05) is 31.0 Å². The zero-order chi connectivity index (χ0) is 18.8. The second kappa shape index (κ2) is 7.23. The molecule has 138 valence electrons. The zero-order valence-electron chi connectivity index (χ0n) is 15.4. The highest BCUT2D eigenvalue weighted by Crippen LogP contribution is 2.29. The van der Waals surface area contributed by atoms with Gasteiger partial charge in [-0.1, -0.05) is 35.0 Å². The predicted molar refractivity (Wildman–Crippen MR) is 100 cm³/mol. The summed E-state index contributed by atoms with van der Waals surface area (Å²) in [5.41, 5.74) is 3.10. The summed E-state index contributed by atoms with van der Waals surface area (Å²) in [4.78, 5) is 18.8. The number of amides is 1. The first kappa shape index (κ1) is 17.3. The molecule has 0 radical (unpaired) electrons. The molecule has 2 heterocycles. The van der Waals surface area contributed by atoms with Gasteiger partial charge in [-0.3, -0.25) is 4.79 Å². The van der Waals surface area contributed by atoms with E-state index in [0.29, 0.717) is 31.2 Å². The minimum Gasteiger partial charge on any atom is -0.497 e. The van der Waals surface area contributed by atoms with Gasteiger partial charge in [-0.2, -0.15) is 4.98 Å². The number of hydrogen-bond donors (Lipinski definition) is 0. The Labute approximate surface area is 157 Å². The molecule has 0 aliphatic carbocycles. The van der Waals surface area contributed by atoms with Gasteiger partial charge in [-0.15, -0.1) is 0 Å². The van der Waals surface area contributed by atoms with Gasteiger partial charge >= 0.3 is 0 Å². The van der Waals surface area contributed by atoms with Gasteiger partial charge in [0.25, 0.3) is 5.89 Å². The molecule has 2 aromatic carbocycles. The molecule has 1 aromatic heterocycles. The fraction of sp³-hybridized carbons (Fsp3) is 0.286. The summed E-state index contributed by atoms with van der Waals surface area (Å²) < 4.78 is 10.6. The maximum Gasteiger partial charge on any atom is 0.257 e. The Balaban J connectivity index is 1.46. The van der Waals surface area contributed by atoms with Crippen molar-refractivity contribution in [3.63, 3.8) is 0 Å². The maximum absolute atomic E-state index is 12.4. The molecule has 1 atom stereocenters. The van der Waals surface area contributed by atoms with Crippen LogP contribution in [0.15, 0.2) is 53.1 Å². The van der Waals surface area contributed by atoms with E-state index in [9.17, 15) is 4.79 Å². The highest BCUT2D eigenvalue weighted by Gasteiger charge is 2.33. The van der Waals surface area contributed by atoms with E-state index in [0.717, 1.165) is 22.4 Å². The smallest absolute Gasteiger partial charge is 0.257 e. The van der Waals surface area contributed by atoms with Crippen LogP contribution in [0.3, 0.4) is 0 Å². The van der Waals surface area contributed by atoms with Gasteiger partial charge in [-0.05, 0) is 36.8 Å². The Morgan fingerprint density at radius 3 is 2.78 bits per heavy atom. The molecule has 0 spiro atoms. The van der Waals surface area contributed by atoms with Crippen LogP contribution in [0.25, 0.3) is 11.5 Å². The third-order valence-corrected chi connectivity index (χ3v) is 4.82. The van der Waals surface area contributed by atoms with Crippen molar-refractivity contribution in [2.45, 2.75) is 25.8 Å². The molecule has 0 saturated carbocycles. The topological polar surface area (TPSA) is 68.5 Å². The highest BCUT2D eigenvalue weighted by molar-refractivity contribution is 5.79. The number of methoxy groups -OCH3 is 1. The SMILES string of the molecule is COc1ccc(CN2CC(c3noc(-c4cccc(C)c4)n3)CC2=O)cc1. The van der Waals surface area contributed by atoms with Crippen molar-refractivity contribution in [3.8, 4) is 17.2 Å². The monoisotopic (exact) mass is 363 g/mol. The number of benzene rings is 2. The van der Waals surface area contributed by atoms with Crippen LogP contribution in [0.4, 0.5) is 0 Å². The largest absolute Gasteiger partial charge is 0.497 e. The van der Waals surface area contributed by atoms with Crippen LogP contribution in [-0.2, 0) is 11.3 Å². The van der Waals surface area contributed by atoms with E-state index in [2.05, 4.69) is 10.1 Å². The third-order valence-electron chi connectivity index (χ3n) is 4.82. The van der Waals surface area contributed by atoms with Crippen LogP contribution in [0.2, 0.25) is 0 Å². The number of carbonyl (C=O) groups is 1. The Kier molecular flexibility index (Phi) is 4.62. The Hall–Kier alpha value is -3.15.